The predicted molar refractivity (Wildman–Crippen MR) is 77.8 cm³/mol. The molecule has 0 unspecified atom stereocenters. The van der Waals surface area contributed by atoms with Gasteiger partial charge in [0.25, 0.3) is 5.91 Å². The highest BCUT2D eigenvalue weighted by molar-refractivity contribution is 6.05. The van der Waals surface area contributed by atoms with Crippen molar-refractivity contribution in [2.75, 3.05) is 23.3 Å². The molecule has 1 saturated heterocycles. The molecular weight excluding hydrogens is 271 g/mol. The Bertz CT molecular complexity index is 656. The molecule has 108 valence electrons. The van der Waals surface area contributed by atoms with Crippen LogP contribution in [0.4, 0.5) is 15.9 Å². The molecule has 0 aliphatic carbocycles. The summed E-state index contributed by atoms with van der Waals surface area (Å²) in [5.41, 5.74) is 0.875. The Balaban J connectivity index is 1.83. The Morgan fingerprint density at radius 2 is 2.00 bits per heavy atom. The molecule has 0 saturated carbocycles. The Kier molecular flexibility index (Phi) is 3.77. The minimum Gasteiger partial charge on any atom is -0.355 e. The van der Waals surface area contributed by atoms with Gasteiger partial charge in [-0.2, -0.15) is 4.39 Å². The summed E-state index contributed by atoms with van der Waals surface area (Å²) in [6.07, 6.45) is 5.23. The van der Waals surface area contributed by atoms with Crippen molar-refractivity contribution in [3.63, 3.8) is 0 Å². The number of hydrogen-bond acceptors (Lipinski definition) is 4. The van der Waals surface area contributed by atoms with Crippen LogP contribution >= 0.6 is 0 Å². The van der Waals surface area contributed by atoms with Gasteiger partial charge in [-0.05, 0) is 31.0 Å². The topological polar surface area (TPSA) is 58.1 Å². The van der Waals surface area contributed by atoms with Crippen molar-refractivity contribution in [2.24, 2.45) is 0 Å². The minimum atomic E-state index is -0.673. The first-order valence-electron chi connectivity index (χ1n) is 6.87. The van der Waals surface area contributed by atoms with Gasteiger partial charge in [-0.3, -0.25) is 4.79 Å². The zero-order valence-corrected chi connectivity index (χ0v) is 11.4. The van der Waals surface area contributed by atoms with Crippen LogP contribution in [0.3, 0.4) is 0 Å². The van der Waals surface area contributed by atoms with Crippen LogP contribution in [0.25, 0.3) is 0 Å². The molecule has 6 heteroatoms. The number of aromatic nitrogens is 2. The van der Waals surface area contributed by atoms with Crippen LogP contribution in [0, 0.1) is 5.95 Å². The normalized spacial score (nSPS) is 14.2. The number of nitrogens with zero attached hydrogens (tertiary/aromatic N) is 3. The highest BCUT2D eigenvalue weighted by Crippen LogP contribution is 2.26. The zero-order chi connectivity index (χ0) is 14.7. The largest absolute Gasteiger partial charge is 0.355 e. The number of amides is 1. The van der Waals surface area contributed by atoms with Crippen molar-refractivity contribution < 1.29 is 9.18 Å². The molecule has 2 aromatic rings. The molecule has 3 heterocycles. The molecule has 1 N–H and O–H groups in total. The van der Waals surface area contributed by atoms with Crippen LogP contribution < -0.4 is 10.2 Å². The van der Waals surface area contributed by atoms with E-state index in [0.29, 0.717) is 5.69 Å². The second-order valence-electron chi connectivity index (χ2n) is 4.89. The third kappa shape index (κ3) is 2.99. The number of hydrogen-bond donors (Lipinski definition) is 1. The lowest BCUT2D eigenvalue weighted by Crippen LogP contribution is -2.22. The maximum Gasteiger partial charge on any atom is 0.255 e. The summed E-state index contributed by atoms with van der Waals surface area (Å²) in [7, 11) is 0. The van der Waals surface area contributed by atoms with E-state index >= 15 is 0 Å². The fraction of sp³-hybridized carbons (Fsp3) is 0.267. The number of anilines is 2. The van der Waals surface area contributed by atoms with E-state index in [4.69, 9.17) is 0 Å². The summed E-state index contributed by atoms with van der Waals surface area (Å²) >= 11 is 0. The van der Waals surface area contributed by atoms with Crippen molar-refractivity contribution in [3.8, 4) is 0 Å². The summed E-state index contributed by atoms with van der Waals surface area (Å²) < 4.78 is 13.1. The maximum atomic E-state index is 13.1. The highest BCUT2D eigenvalue weighted by Gasteiger charge is 2.18. The van der Waals surface area contributed by atoms with E-state index in [0.717, 1.165) is 37.8 Å². The van der Waals surface area contributed by atoms with Gasteiger partial charge in [0.05, 0.1) is 5.69 Å². The van der Waals surface area contributed by atoms with Crippen LogP contribution in [0.2, 0.25) is 0 Å². The number of pyridine rings is 2. The van der Waals surface area contributed by atoms with E-state index in [2.05, 4.69) is 20.2 Å². The van der Waals surface area contributed by atoms with Gasteiger partial charge >= 0.3 is 0 Å². The Morgan fingerprint density at radius 1 is 1.19 bits per heavy atom. The molecule has 2 aromatic heterocycles. The number of carbonyl (C=O) groups excluding carboxylic acids is 1. The van der Waals surface area contributed by atoms with Crippen molar-refractivity contribution in [1.82, 2.24) is 9.97 Å². The van der Waals surface area contributed by atoms with Crippen molar-refractivity contribution in [1.29, 1.82) is 0 Å². The van der Waals surface area contributed by atoms with Crippen LogP contribution in [0.1, 0.15) is 23.2 Å². The third-order valence-corrected chi connectivity index (χ3v) is 3.43. The van der Waals surface area contributed by atoms with Crippen LogP contribution in [0.15, 0.2) is 36.7 Å². The molecule has 1 aliphatic rings. The number of rotatable bonds is 3. The van der Waals surface area contributed by atoms with Crippen molar-refractivity contribution in [2.45, 2.75) is 12.8 Å². The molecule has 1 aliphatic heterocycles. The zero-order valence-electron chi connectivity index (χ0n) is 11.4. The van der Waals surface area contributed by atoms with Crippen LogP contribution in [-0.4, -0.2) is 29.0 Å². The second kappa shape index (κ2) is 5.87. The van der Waals surface area contributed by atoms with Gasteiger partial charge in [0.15, 0.2) is 5.82 Å². The highest BCUT2D eigenvalue weighted by atomic mass is 19.1. The first-order valence-corrected chi connectivity index (χ1v) is 6.87. The maximum absolute atomic E-state index is 13.1. The fourth-order valence-corrected chi connectivity index (χ4v) is 2.41. The van der Waals surface area contributed by atoms with Gasteiger partial charge in [-0.25, -0.2) is 9.97 Å². The summed E-state index contributed by atoms with van der Waals surface area (Å²) in [5.74, 6) is -0.281. The molecule has 1 fully saturated rings. The van der Waals surface area contributed by atoms with Crippen LogP contribution in [-0.2, 0) is 0 Å². The van der Waals surface area contributed by atoms with Gasteiger partial charge < -0.3 is 10.2 Å². The molecule has 21 heavy (non-hydrogen) atoms. The van der Waals surface area contributed by atoms with Crippen molar-refractivity contribution >= 4 is 17.4 Å². The van der Waals surface area contributed by atoms with Gasteiger partial charge in [0.2, 0.25) is 5.95 Å². The Hall–Kier alpha value is -2.50. The van der Waals surface area contributed by atoms with E-state index in [1.54, 1.807) is 18.3 Å². The summed E-state index contributed by atoms with van der Waals surface area (Å²) in [6.45, 7) is 1.87. The molecule has 0 spiro atoms. The lowest BCUT2D eigenvalue weighted by atomic mass is 10.2. The number of carbonyl (C=O) groups is 1. The molecule has 0 radical (unpaired) electrons. The van der Waals surface area contributed by atoms with E-state index in [-0.39, 0.29) is 11.5 Å². The predicted octanol–water partition coefficient (Wildman–Crippen LogP) is 2.47. The first-order chi connectivity index (χ1) is 10.2. The fourth-order valence-electron chi connectivity index (χ4n) is 2.41. The molecule has 5 nitrogen and oxygen atoms in total. The number of nitrogens with one attached hydrogen (secondary N) is 1. The van der Waals surface area contributed by atoms with Gasteiger partial charge in [0.1, 0.15) is 0 Å². The monoisotopic (exact) mass is 286 g/mol. The Labute approximate surface area is 121 Å². The SMILES string of the molecule is O=C(Nc1cccnc1N1CCCC1)c1ccnc(F)c1. The average Bonchev–Trinajstić information content (AvgIpc) is 3.02. The first kappa shape index (κ1) is 13.5. The Morgan fingerprint density at radius 3 is 2.76 bits per heavy atom. The molecule has 0 bridgehead atoms. The van der Waals surface area contributed by atoms with E-state index in [1.165, 1.54) is 12.3 Å². The van der Waals surface area contributed by atoms with Gasteiger partial charge in [-0.1, -0.05) is 0 Å². The quantitative estimate of drug-likeness (QED) is 0.881. The summed E-state index contributed by atoms with van der Waals surface area (Å²) in [6, 6.07) is 6.16. The van der Waals surface area contributed by atoms with Gasteiger partial charge in [-0.15, -0.1) is 0 Å². The average molecular weight is 286 g/mol. The molecular formula is C15H15FN4O. The smallest absolute Gasteiger partial charge is 0.255 e. The molecule has 0 atom stereocenters. The standard InChI is InChI=1S/C15H15FN4O/c16-13-10-11(5-7-17-13)15(21)19-12-4-3-6-18-14(12)20-8-1-2-9-20/h3-7,10H,1-2,8-9H2,(H,19,21). The van der Waals surface area contributed by atoms with Gasteiger partial charge in [0, 0.05) is 37.1 Å². The summed E-state index contributed by atoms with van der Waals surface area (Å²) in [5, 5.41) is 2.79. The molecule has 0 aromatic carbocycles. The van der Waals surface area contributed by atoms with E-state index in [9.17, 15) is 9.18 Å². The summed E-state index contributed by atoms with van der Waals surface area (Å²) in [4.78, 5) is 22.1. The van der Waals surface area contributed by atoms with Crippen LogP contribution in [0.5, 0.6) is 0 Å². The molecule has 3 rings (SSSR count). The minimum absolute atomic E-state index is 0.235. The lowest BCUT2D eigenvalue weighted by Gasteiger charge is -2.19. The molecule has 1 amide bonds. The number of halogens is 1. The van der Waals surface area contributed by atoms with E-state index < -0.39 is 5.95 Å². The lowest BCUT2D eigenvalue weighted by molar-refractivity contribution is 0.102. The second-order valence-corrected chi connectivity index (χ2v) is 4.89. The third-order valence-electron chi connectivity index (χ3n) is 3.43. The van der Waals surface area contributed by atoms with Crippen molar-refractivity contribution in [3.05, 3.63) is 48.2 Å². The van der Waals surface area contributed by atoms with E-state index in [1.807, 2.05) is 0 Å².